The Hall–Kier alpha value is -3.57. The monoisotopic (exact) mass is 397 g/mol. The Labute approximate surface area is 166 Å². The normalized spacial score (nSPS) is 11.0. The van der Waals surface area contributed by atoms with Gasteiger partial charge in [-0.2, -0.15) is 8.78 Å². The molecule has 6 nitrogen and oxygen atoms in total. The zero-order valence-electron chi connectivity index (χ0n) is 15.5. The lowest BCUT2D eigenvalue weighted by molar-refractivity contribution is -0.0793. The molecule has 0 saturated heterocycles. The molecule has 148 valence electrons. The number of terminal acetylenes is 1. The van der Waals surface area contributed by atoms with E-state index in [2.05, 4.69) is 20.9 Å². The topological polar surface area (TPSA) is 66.4 Å². The summed E-state index contributed by atoms with van der Waals surface area (Å²) >= 11 is 0. The molecule has 0 aliphatic rings. The standard InChI is InChI=1S/C21H17F2N3O3/c1-3-12-28-14-21(22,23)18-9-8-15(13-26-18)29-20-17(7-5-11-25-20)16-6-4-10-24-19(16)27-2/h1,4-11,13H,12,14H2,2H3. The van der Waals surface area contributed by atoms with E-state index in [0.717, 1.165) is 0 Å². The molecule has 0 N–H and O–H groups in total. The molecule has 0 fully saturated rings. The molecule has 0 atom stereocenters. The molecule has 0 bridgehead atoms. The molecule has 29 heavy (non-hydrogen) atoms. The van der Waals surface area contributed by atoms with Crippen LogP contribution in [-0.2, 0) is 10.7 Å². The van der Waals surface area contributed by atoms with Crippen molar-refractivity contribution in [2.45, 2.75) is 5.92 Å². The first-order valence-corrected chi connectivity index (χ1v) is 8.53. The minimum absolute atomic E-state index is 0.197. The first kappa shape index (κ1) is 20.2. The Morgan fingerprint density at radius 3 is 2.31 bits per heavy atom. The van der Waals surface area contributed by atoms with Crippen molar-refractivity contribution in [3.8, 4) is 41.0 Å². The summed E-state index contributed by atoms with van der Waals surface area (Å²) in [6.07, 6.45) is 9.35. The van der Waals surface area contributed by atoms with Gasteiger partial charge >= 0.3 is 5.92 Å². The van der Waals surface area contributed by atoms with Gasteiger partial charge < -0.3 is 14.2 Å². The Morgan fingerprint density at radius 2 is 1.69 bits per heavy atom. The summed E-state index contributed by atoms with van der Waals surface area (Å²) in [5.74, 6) is -0.214. The summed E-state index contributed by atoms with van der Waals surface area (Å²) in [4.78, 5) is 12.2. The largest absolute Gasteiger partial charge is 0.481 e. The predicted molar refractivity (Wildman–Crippen MR) is 102 cm³/mol. The van der Waals surface area contributed by atoms with Gasteiger partial charge in [-0.05, 0) is 36.4 Å². The lowest BCUT2D eigenvalue weighted by atomic mass is 10.1. The highest BCUT2D eigenvalue weighted by Crippen LogP contribution is 2.36. The van der Waals surface area contributed by atoms with Crippen molar-refractivity contribution in [2.24, 2.45) is 0 Å². The molecule has 0 unspecified atom stereocenters. The van der Waals surface area contributed by atoms with Gasteiger partial charge in [-0.1, -0.05) is 5.92 Å². The van der Waals surface area contributed by atoms with Crippen LogP contribution in [0.5, 0.6) is 17.5 Å². The van der Waals surface area contributed by atoms with Crippen LogP contribution in [0.2, 0.25) is 0 Å². The van der Waals surface area contributed by atoms with Gasteiger partial charge in [0.1, 0.15) is 24.7 Å². The van der Waals surface area contributed by atoms with Crippen LogP contribution < -0.4 is 9.47 Å². The van der Waals surface area contributed by atoms with E-state index in [-0.39, 0.29) is 18.2 Å². The summed E-state index contributed by atoms with van der Waals surface area (Å²) in [5, 5.41) is 0. The van der Waals surface area contributed by atoms with Gasteiger partial charge in [-0.25, -0.2) is 9.97 Å². The quantitative estimate of drug-likeness (QED) is 0.422. The van der Waals surface area contributed by atoms with Crippen molar-refractivity contribution in [1.82, 2.24) is 15.0 Å². The number of ether oxygens (including phenoxy) is 3. The molecule has 0 saturated carbocycles. The van der Waals surface area contributed by atoms with Gasteiger partial charge in [0.05, 0.1) is 13.3 Å². The van der Waals surface area contributed by atoms with E-state index < -0.39 is 18.2 Å². The molecule has 0 aromatic carbocycles. The Bertz CT molecular complexity index is 1000. The van der Waals surface area contributed by atoms with Gasteiger partial charge in [-0.3, -0.25) is 4.98 Å². The third kappa shape index (κ3) is 4.83. The SMILES string of the molecule is C#CCOCC(F)(F)c1ccc(Oc2ncccc2-c2cccnc2OC)cn1. The number of aromatic nitrogens is 3. The molecule has 0 spiro atoms. The zero-order chi connectivity index (χ0) is 20.7. The van der Waals surface area contributed by atoms with Crippen LogP contribution in [0.1, 0.15) is 5.69 Å². The number of halogens is 2. The first-order valence-electron chi connectivity index (χ1n) is 8.53. The van der Waals surface area contributed by atoms with Crippen molar-refractivity contribution in [2.75, 3.05) is 20.3 Å². The van der Waals surface area contributed by atoms with E-state index in [1.165, 1.54) is 25.4 Å². The van der Waals surface area contributed by atoms with Crippen molar-refractivity contribution in [3.63, 3.8) is 0 Å². The van der Waals surface area contributed by atoms with E-state index in [1.807, 2.05) is 6.07 Å². The number of alkyl halides is 2. The van der Waals surface area contributed by atoms with Crippen molar-refractivity contribution in [3.05, 3.63) is 60.7 Å². The fourth-order valence-electron chi connectivity index (χ4n) is 2.52. The van der Waals surface area contributed by atoms with Gasteiger partial charge in [-0.15, -0.1) is 6.42 Å². The molecule has 0 radical (unpaired) electrons. The van der Waals surface area contributed by atoms with Gasteiger partial charge in [0, 0.05) is 23.5 Å². The maximum absolute atomic E-state index is 14.1. The molecule has 0 aliphatic heterocycles. The molecule has 0 amide bonds. The third-order valence-corrected chi connectivity index (χ3v) is 3.82. The summed E-state index contributed by atoms with van der Waals surface area (Å²) in [7, 11) is 1.51. The lowest BCUT2D eigenvalue weighted by Crippen LogP contribution is -2.22. The van der Waals surface area contributed by atoms with E-state index in [9.17, 15) is 8.78 Å². The average molecular weight is 397 g/mol. The van der Waals surface area contributed by atoms with Crippen LogP contribution in [0.15, 0.2) is 55.0 Å². The maximum Gasteiger partial charge on any atom is 0.312 e. The van der Waals surface area contributed by atoms with E-state index >= 15 is 0 Å². The summed E-state index contributed by atoms with van der Waals surface area (Å²) in [6.45, 7) is -1.05. The van der Waals surface area contributed by atoms with Crippen LogP contribution in [0.3, 0.4) is 0 Å². The molecule has 3 aromatic rings. The van der Waals surface area contributed by atoms with E-state index in [0.29, 0.717) is 17.0 Å². The Morgan fingerprint density at radius 1 is 1.00 bits per heavy atom. The average Bonchev–Trinajstić information content (AvgIpc) is 2.75. The first-order chi connectivity index (χ1) is 14.0. The van der Waals surface area contributed by atoms with Crippen LogP contribution >= 0.6 is 0 Å². The smallest absolute Gasteiger partial charge is 0.312 e. The van der Waals surface area contributed by atoms with Gasteiger partial charge in [0.25, 0.3) is 0 Å². The third-order valence-electron chi connectivity index (χ3n) is 3.82. The van der Waals surface area contributed by atoms with Gasteiger partial charge in [0.2, 0.25) is 11.8 Å². The van der Waals surface area contributed by atoms with Gasteiger partial charge in [0.15, 0.2) is 0 Å². The molecule has 3 aromatic heterocycles. The molecular weight excluding hydrogens is 380 g/mol. The predicted octanol–water partition coefficient (Wildman–Crippen LogP) is 4.08. The number of hydrogen-bond acceptors (Lipinski definition) is 6. The summed E-state index contributed by atoms with van der Waals surface area (Å²) in [6, 6.07) is 9.66. The van der Waals surface area contributed by atoms with Crippen LogP contribution in [0, 0.1) is 12.3 Å². The second-order valence-corrected chi connectivity index (χ2v) is 5.80. The highest BCUT2D eigenvalue weighted by Gasteiger charge is 2.33. The summed E-state index contributed by atoms with van der Waals surface area (Å²) in [5.41, 5.74) is 0.867. The number of rotatable bonds is 8. The fourth-order valence-corrected chi connectivity index (χ4v) is 2.52. The molecule has 3 heterocycles. The van der Waals surface area contributed by atoms with Crippen LogP contribution in [0.4, 0.5) is 8.78 Å². The minimum Gasteiger partial charge on any atom is -0.481 e. The van der Waals surface area contributed by atoms with E-state index in [1.54, 1.807) is 30.6 Å². The van der Waals surface area contributed by atoms with Crippen molar-refractivity contribution in [1.29, 1.82) is 0 Å². The molecular formula is C21H17F2N3O3. The Balaban J connectivity index is 1.82. The molecule has 8 heteroatoms. The number of pyridine rings is 3. The molecule has 0 aliphatic carbocycles. The number of hydrogen-bond donors (Lipinski definition) is 0. The van der Waals surface area contributed by atoms with Crippen molar-refractivity contribution < 1.29 is 23.0 Å². The Kier molecular flexibility index (Phi) is 6.32. The van der Waals surface area contributed by atoms with Crippen molar-refractivity contribution >= 4 is 0 Å². The second-order valence-electron chi connectivity index (χ2n) is 5.80. The van der Waals surface area contributed by atoms with E-state index in [4.69, 9.17) is 20.6 Å². The lowest BCUT2D eigenvalue weighted by Gasteiger charge is -2.16. The zero-order valence-corrected chi connectivity index (χ0v) is 15.5. The molecule has 3 rings (SSSR count). The maximum atomic E-state index is 14.1. The fraction of sp³-hybridized carbons (Fsp3) is 0.190. The van der Waals surface area contributed by atoms with Crippen LogP contribution in [-0.4, -0.2) is 35.3 Å². The van der Waals surface area contributed by atoms with Crippen LogP contribution in [0.25, 0.3) is 11.1 Å². The highest BCUT2D eigenvalue weighted by atomic mass is 19.3. The highest BCUT2D eigenvalue weighted by molar-refractivity contribution is 5.73. The second kappa shape index (κ2) is 9.08. The number of methoxy groups -OCH3 is 1. The number of nitrogens with zero attached hydrogens (tertiary/aromatic N) is 3. The minimum atomic E-state index is -3.27. The summed E-state index contributed by atoms with van der Waals surface area (Å²) < 4.78 is 43.9.